The highest BCUT2D eigenvalue weighted by atomic mass is 79.9. The predicted molar refractivity (Wildman–Crippen MR) is 90.7 cm³/mol. The summed E-state index contributed by atoms with van der Waals surface area (Å²) >= 11 is 3.35. The summed E-state index contributed by atoms with van der Waals surface area (Å²) in [6.07, 6.45) is 0. The van der Waals surface area contributed by atoms with Crippen LogP contribution in [0.5, 0.6) is 0 Å². The number of carbonyl (C=O) groups is 1. The van der Waals surface area contributed by atoms with E-state index in [1.165, 1.54) is 6.07 Å². The Labute approximate surface area is 140 Å². The number of nitrogens with one attached hydrogen (secondary N) is 2. The zero-order valence-corrected chi connectivity index (χ0v) is 13.9. The number of benzene rings is 1. The van der Waals surface area contributed by atoms with Crippen LogP contribution in [-0.4, -0.2) is 21.0 Å². The summed E-state index contributed by atoms with van der Waals surface area (Å²) in [7, 11) is 0. The number of aromatic amines is 2. The van der Waals surface area contributed by atoms with Gasteiger partial charge in [0.2, 0.25) is 5.78 Å². The van der Waals surface area contributed by atoms with Gasteiger partial charge in [0.15, 0.2) is 0 Å². The molecule has 6 heteroatoms. The average molecular weight is 372 g/mol. The molecule has 0 amide bonds. The van der Waals surface area contributed by atoms with Crippen molar-refractivity contribution in [3.8, 4) is 0 Å². The molecule has 1 unspecified atom stereocenters. The fraction of sp³-hybridized carbons (Fsp3) is 0.118. The zero-order valence-electron chi connectivity index (χ0n) is 12.3. The molecule has 0 aliphatic rings. The SMILES string of the molecule is CC(c1ccc(=O)[nH]n1)c1ccc(C(=O)c2ccc(Br)cc2)[nH]1. The van der Waals surface area contributed by atoms with Crippen molar-refractivity contribution >= 4 is 21.7 Å². The molecule has 23 heavy (non-hydrogen) atoms. The lowest BCUT2D eigenvalue weighted by Crippen LogP contribution is -2.10. The minimum Gasteiger partial charge on any atom is -0.355 e. The quantitative estimate of drug-likeness (QED) is 0.690. The van der Waals surface area contributed by atoms with Crippen LogP contribution in [0.3, 0.4) is 0 Å². The Morgan fingerprint density at radius 1 is 1.09 bits per heavy atom. The molecule has 0 spiro atoms. The molecule has 0 aliphatic heterocycles. The second-order valence-corrected chi connectivity index (χ2v) is 6.15. The third kappa shape index (κ3) is 3.32. The second kappa shape index (κ2) is 6.34. The van der Waals surface area contributed by atoms with E-state index >= 15 is 0 Å². The van der Waals surface area contributed by atoms with Crippen molar-refractivity contribution in [3.63, 3.8) is 0 Å². The zero-order chi connectivity index (χ0) is 16.4. The molecule has 3 aromatic rings. The molecule has 2 heterocycles. The third-order valence-electron chi connectivity index (χ3n) is 3.67. The van der Waals surface area contributed by atoms with Gasteiger partial charge in [-0.05, 0) is 42.5 Å². The van der Waals surface area contributed by atoms with E-state index in [1.54, 1.807) is 24.3 Å². The molecule has 1 aromatic carbocycles. The number of H-pyrrole nitrogens is 2. The van der Waals surface area contributed by atoms with Crippen LogP contribution in [0.25, 0.3) is 0 Å². The summed E-state index contributed by atoms with van der Waals surface area (Å²) in [5.41, 5.74) is 2.51. The Morgan fingerprint density at radius 3 is 2.48 bits per heavy atom. The smallest absolute Gasteiger partial charge is 0.264 e. The monoisotopic (exact) mass is 371 g/mol. The van der Waals surface area contributed by atoms with Crippen LogP contribution in [0.2, 0.25) is 0 Å². The van der Waals surface area contributed by atoms with E-state index in [1.807, 2.05) is 25.1 Å². The van der Waals surface area contributed by atoms with Crippen LogP contribution in [0.15, 0.2) is 57.8 Å². The maximum Gasteiger partial charge on any atom is 0.264 e. The molecule has 2 N–H and O–H groups in total. The van der Waals surface area contributed by atoms with Gasteiger partial charge in [-0.15, -0.1) is 0 Å². The number of hydrogen-bond donors (Lipinski definition) is 2. The first kappa shape index (κ1) is 15.4. The summed E-state index contributed by atoms with van der Waals surface area (Å²) in [6, 6.07) is 14.0. The number of ketones is 1. The van der Waals surface area contributed by atoms with E-state index in [4.69, 9.17) is 0 Å². The molecular formula is C17H14BrN3O2. The Kier molecular flexibility index (Phi) is 4.25. The molecule has 116 valence electrons. The summed E-state index contributed by atoms with van der Waals surface area (Å²) in [5, 5.41) is 6.45. The number of nitrogens with zero attached hydrogens (tertiary/aromatic N) is 1. The number of aromatic nitrogens is 3. The van der Waals surface area contributed by atoms with Gasteiger partial charge >= 0.3 is 0 Å². The first-order valence-corrected chi connectivity index (χ1v) is 7.88. The predicted octanol–water partition coefficient (Wildman–Crippen LogP) is 3.24. The highest BCUT2D eigenvalue weighted by Gasteiger charge is 2.16. The van der Waals surface area contributed by atoms with Gasteiger partial charge in [-0.2, -0.15) is 5.10 Å². The fourth-order valence-electron chi connectivity index (χ4n) is 2.31. The van der Waals surface area contributed by atoms with Crippen LogP contribution in [0, 0.1) is 0 Å². The van der Waals surface area contributed by atoms with Crippen LogP contribution in [-0.2, 0) is 0 Å². The first-order chi connectivity index (χ1) is 11.0. The van der Waals surface area contributed by atoms with Gasteiger partial charge < -0.3 is 4.98 Å². The van der Waals surface area contributed by atoms with E-state index < -0.39 is 0 Å². The maximum absolute atomic E-state index is 12.5. The van der Waals surface area contributed by atoms with Crippen LogP contribution >= 0.6 is 15.9 Å². The summed E-state index contributed by atoms with van der Waals surface area (Å²) in [5.74, 6) is -0.122. The summed E-state index contributed by atoms with van der Waals surface area (Å²) in [4.78, 5) is 26.7. The minimum atomic E-state index is -0.237. The Balaban J connectivity index is 1.85. The fourth-order valence-corrected chi connectivity index (χ4v) is 2.57. The number of hydrogen-bond acceptors (Lipinski definition) is 3. The van der Waals surface area contributed by atoms with Crippen LogP contribution in [0.1, 0.15) is 40.3 Å². The normalized spacial score (nSPS) is 12.1. The summed E-state index contributed by atoms with van der Waals surface area (Å²) < 4.78 is 0.930. The van der Waals surface area contributed by atoms with E-state index in [0.717, 1.165) is 15.9 Å². The van der Waals surface area contributed by atoms with E-state index in [2.05, 4.69) is 31.1 Å². The van der Waals surface area contributed by atoms with Gasteiger partial charge in [-0.25, -0.2) is 5.10 Å². The van der Waals surface area contributed by atoms with Crippen LogP contribution < -0.4 is 5.56 Å². The van der Waals surface area contributed by atoms with Gasteiger partial charge in [0.25, 0.3) is 5.56 Å². The van der Waals surface area contributed by atoms with E-state index in [0.29, 0.717) is 11.3 Å². The highest BCUT2D eigenvalue weighted by Crippen LogP contribution is 2.22. The van der Waals surface area contributed by atoms with Crippen molar-refractivity contribution < 1.29 is 4.79 Å². The van der Waals surface area contributed by atoms with Crippen LogP contribution in [0.4, 0.5) is 0 Å². The van der Waals surface area contributed by atoms with Gasteiger partial charge in [-0.1, -0.05) is 22.9 Å². The number of halogens is 1. The maximum atomic E-state index is 12.5. The molecular weight excluding hydrogens is 358 g/mol. The lowest BCUT2D eigenvalue weighted by atomic mass is 10.0. The number of rotatable bonds is 4. The Bertz CT molecular complexity index is 876. The molecule has 0 saturated carbocycles. The number of carbonyl (C=O) groups excluding carboxylic acids is 1. The minimum absolute atomic E-state index is 0.0571. The van der Waals surface area contributed by atoms with Gasteiger partial charge in [-0.3, -0.25) is 9.59 Å². The molecule has 3 rings (SSSR count). The molecule has 1 atom stereocenters. The van der Waals surface area contributed by atoms with Gasteiger partial charge in [0.05, 0.1) is 11.4 Å². The lowest BCUT2D eigenvalue weighted by molar-refractivity contribution is 0.103. The van der Waals surface area contributed by atoms with Gasteiger partial charge in [0, 0.05) is 27.7 Å². The third-order valence-corrected chi connectivity index (χ3v) is 4.20. The van der Waals surface area contributed by atoms with Crippen molar-refractivity contribution in [1.29, 1.82) is 0 Å². The Hall–Kier alpha value is -2.47. The Morgan fingerprint density at radius 2 is 1.83 bits per heavy atom. The first-order valence-electron chi connectivity index (χ1n) is 7.09. The largest absolute Gasteiger partial charge is 0.355 e. The molecule has 5 nitrogen and oxygen atoms in total. The topological polar surface area (TPSA) is 78.6 Å². The molecule has 0 aliphatic carbocycles. The lowest BCUT2D eigenvalue weighted by Gasteiger charge is -2.08. The van der Waals surface area contributed by atoms with Crippen molar-refractivity contribution in [2.24, 2.45) is 0 Å². The van der Waals surface area contributed by atoms with Crippen molar-refractivity contribution in [2.45, 2.75) is 12.8 Å². The van der Waals surface area contributed by atoms with Crippen molar-refractivity contribution in [2.75, 3.05) is 0 Å². The second-order valence-electron chi connectivity index (χ2n) is 5.23. The molecule has 0 fully saturated rings. The molecule has 0 radical (unpaired) electrons. The van der Waals surface area contributed by atoms with E-state index in [9.17, 15) is 9.59 Å². The highest BCUT2D eigenvalue weighted by molar-refractivity contribution is 9.10. The molecule has 2 aromatic heterocycles. The van der Waals surface area contributed by atoms with E-state index in [-0.39, 0.29) is 17.3 Å². The summed E-state index contributed by atoms with van der Waals surface area (Å²) in [6.45, 7) is 1.96. The van der Waals surface area contributed by atoms with Crippen molar-refractivity contribution in [3.05, 3.63) is 86.0 Å². The average Bonchev–Trinajstić information content (AvgIpc) is 3.05. The van der Waals surface area contributed by atoms with Gasteiger partial charge in [0.1, 0.15) is 0 Å². The standard InChI is InChI=1S/C17H14BrN3O2/c1-10(14-8-9-16(22)21-20-14)13-6-7-15(19-13)17(23)11-2-4-12(18)5-3-11/h2-10,19H,1H3,(H,21,22). The van der Waals surface area contributed by atoms with Crippen molar-refractivity contribution in [1.82, 2.24) is 15.2 Å². The molecule has 0 saturated heterocycles. The molecule has 0 bridgehead atoms.